The Morgan fingerprint density at radius 2 is 1.81 bits per heavy atom. The molecule has 5 rings (SSSR count). The van der Waals surface area contributed by atoms with Crippen LogP contribution in [0.25, 0.3) is 11.0 Å². The maximum absolute atomic E-state index is 13.8. The average molecular weight is 591 g/mol. The first kappa shape index (κ1) is 30.9. The minimum absolute atomic E-state index is 0.0496. The third kappa shape index (κ3) is 6.99. The van der Waals surface area contributed by atoms with Crippen LogP contribution in [0.2, 0.25) is 0 Å². The number of rotatable bonds is 12. The van der Waals surface area contributed by atoms with Crippen LogP contribution in [0.5, 0.6) is 0 Å². The fraction of sp³-hybridized carbons (Fsp3) is 0.629. The summed E-state index contributed by atoms with van der Waals surface area (Å²) in [4.78, 5) is 38.6. The van der Waals surface area contributed by atoms with E-state index in [0.29, 0.717) is 23.6 Å². The summed E-state index contributed by atoms with van der Waals surface area (Å²) in [7, 11) is 0. The minimum atomic E-state index is -0.273. The van der Waals surface area contributed by atoms with Gasteiger partial charge in [0, 0.05) is 54.4 Å². The number of nitrogens with zero attached hydrogens (tertiary/aromatic N) is 4. The number of fused-ring (bicyclic) bond motifs is 1. The zero-order valence-electron chi connectivity index (χ0n) is 26.3. The monoisotopic (exact) mass is 590 g/mol. The first-order valence-corrected chi connectivity index (χ1v) is 17.2. The van der Waals surface area contributed by atoms with Crippen molar-refractivity contribution in [3.8, 4) is 0 Å². The van der Waals surface area contributed by atoms with Crippen LogP contribution >= 0.6 is 11.3 Å². The van der Waals surface area contributed by atoms with Crippen molar-refractivity contribution in [2.45, 2.75) is 98.1 Å². The molecule has 1 unspecified atom stereocenters. The second-order valence-corrected chi connectivity index (χ2v) is 14.3. The number of aromatic nitrogens is 2. The number of ketones is 1. The van der Waals surface area contributed by atoms with Crippen molar-refractivity contribution in [2.75, 3.05) is 26.2 Å². The molecule has 0 spiro atoms. The van der Waals surface area contributed by atoms with Crippen LogP contribution in [0, 0.1) is 17.8 Å². The highest BCUT2D eigenvalue weighted by atomic mass is 32.1. The summed E-state index contributed by atoms with van der Waals surface area (Å²) in [6.07, 6.45) is 7.43. The lowest BCUT2D eigenvalue weighted by atomic mass is 9.89. The summed E-state index contributed by atoms with van der Waals surface area (Å²) in [5.41, 5.74) is 2.64. The lowest BCUT2D eigenvalue weighted by Gasteiger charge is -2.35. The van der Waals surface area contributed by atoms with Crippen molar-refractivity contribution in [1.82, 2.24) is 19.4 Å². The number of thiophene rings is 1. The van der Waals surface area contributed by atoms with Gasteiger partial charge in [0.05, 0.1) is 11.0 Å². The van der Waals surface area contributed by atoms with Crippen LogP contribution in [0.4, 0.5) is 0 Å². The van der Waals surface area contributed by atoms with E-state index in [0.717, 1.165) is 81.1 Å². The van der Waals surface area contributed by atoms with E-state index in [-0.39, 0.29) is 24.0 Å². The Labute approximate surface area is 256 Å². The Bertz CT molecular complexity index is 1330. The van der Waals surface area contributed by atoms with Gasteiger partial charge in [-0.1, -0.05) is 40.7 Å². The molecule has 6 nitrogen and oxygen atoms in total. The van der Waals surface area contributed by atoms with Gasteiger partial charge in [-0.05, 0) is 93.1 Å². The number of imidazole rings is 1. The fourth-order valence-electron chi connectivity index (χ4n) is 7.15. The van der Waals surface area contributed by atoms with Crippen LogP contribution in [-0.2, 0) is 11.2 Å². The summed E-state index contributed by atoms with van der Waals surface area (Å²) >= 11 is 1.76. The van der Waals surface area contributed by atoms with Crippen molar-refractivity contribution in [3.05, 3.63) is 52.0 Å². The Morgan fingerprint density at radius 3 is 2.48 bits per heavy atom. The summed E-state index contributed by atoms with van der Waals surface area (Å²) in [5.74, 6) is 2.17. The zero-order valence-corrected chi connectivity index (χ0v) is 27.2. The number of hydrogen-bond donors (Lipinski definition) is 0. The highest BCUT2D eigenvalue weighted by Crippen LogP contribution is 2.30. The summed E-state index contributed by atoms with van der Waals surface area (Å²) in [6, 6.07) is 11.1. The van der Waals surface area contributed by atoms with Crippen LogP contribution in [-0.4, -0.2) is 63.3 Å². The molecule has 2 fully saturated rings. The first-order valence-electron chi connectivity index (χ1n) is 16.4. The van der Waals surface area contributed by atoms with Crippen molar-refractivity contribution in [2.24, 2.45) is 17.8 Å². The maximum atomic E-state index is 13.8. The second kappa shape index (κ2) is 13.9. The Balaban J connectivity index is 1.32. The topological polar surface area (TPSA) is 58.4 Å². The van der Waals surface area contributed by atoms with Gasteiger partial charge in [0.1, 0.15) is 5.82 Å². The molecular formula is C35H50N4O2S. The molecular weight excluding hydrogens is 540 g/mol. The van der Waals surface area contributed by atoms with E-state index in [2.05, 4.69) is 72.6 Å². The molecule has 1 amide bonds. The van der Waals surface area contributed by atoms with Gasteiger partial charge in [-0.2, -0.15) is 0 Å². The van der Waals surface area contributed by atoms with Crippen molar-refractivity contribution < 1.29 is 9.59 Å². The lowest BCUT2D eigenvalue weighted by Crippen LogP contribution is -2.44. The van der Waals surface area contributed by atoms with Gasteiger partial charge >= 0.3 is 0 Å². The molecule has 2 aliphatic rings. The van der Waals surface area contributed by atoms with Crippen molar-refractivity contribution >= 4 is 34.1 Å². The Morgan fingerprint density at radius 1 is 1.05 bits per heavy atom. The highest BCUT2D eigenvalue weighted by Gasteiger charge is 2.35. The van der Waals surface area contributed by atoms with Crippen molar-refractivity contribution in [1.29, 1.82) is 0 Å². The number of amides is 1. The maximum Gasteiger partial charge on any atom is 0.226 e. The van der Waals surface area contributed by atoms with E-state index in [1.807, 2.05) is 12.1 Å². The Hall–Kier alpha value is -2.51. The smallest absolute Gasteiger partial charge is 0.226 e. The van der Waals surface area contributed by atoms with Gasteiger partial charge in [0.25, 0.3) is 0 Å². The standard InChI is InChI=1S/C35H50N4O2S/c1-6-28(7-2)39-32-11-10-26(20-31(32)36-34(39)22-30-9-8-18-42-30)33(40)21-27(19-24(3)4)35(41)38-17-14-29(23-38)37-15-12-25(5)13-16-37/h8-11,18,20,24-25,27-29H,6-7,12-17,19,21-23H2,1-5H3/t27-,29?/m1/s1. The number of Topliss-reactive ketones (excluding diaryl/α,β-unsaturated/α-hetero) is 1. The van der Waals surface area contributed by atoms with Crippen LogP contribution in [0.3, 0.4) is 0 Å². The minimum Gasteiger partial charge on any atom is -0.341 e. The molecule has 2 saturated heterocycles. The largest absolute Gasteiger partial charge is 0.341 e. The third-order valence-electron chi connectivity index (χ3n) is 9.65. The van der Waals surface area contributed by atoms with Gasteiger partial charge in [0.2, 0.25) is 5.91 Å². The molecule has 2 atom stereocenters. The number of likely N-dealkylation sites (tertiary alicyclic amines) is 2. The summed E-state index contributed by atoms with van der Waals surface area (Å²) in [6.45, 7) is 15.0. The highest BCUT2D eigenvalue weighted by molar-refractivity contribution is 7.09. The van der Waals surface area contributed by atoms with Gasteiger partial charge in [0.15, 0.2) is 5.78 Å². The molecule has 4 heterocycles. The number of carbonyl (C=O) groups is 2. The molecule has 42 heavy (non-hydrogen) atoms. The SMILES string of the molecule is CCC(CC)n1c(Cc2cccs2)nc2cc(C(=O)C[C@@H](CC(C)C)C(=O)N3CCC(N4CCC(C)CC4)C3)ccc21. The molecule has 1 aromatic carbocycles. The quantitative estimate of drug-likeness (QED) is 0.204. The predicted octanol–water partition coefficient (Wildman–Crippen LogP) is 7.62. The number of piperidine rings is 1. The molecule has 3 aromatic rings. The molecule has 2 aromatic heterocycles. The third-order valence-corrected chi connectivity index (χ3v) is 10.5. The fourth-order valence-corrected chi connectivity index (χ4v) is 7.85. The lowest BCUT2D eigenvalue weighted by molar-refractivity contribution is -0.135. The Kier molecular flexibility index (Phi) is 10.2. The molecule has 228 valence electrons. The summed E-state index contributed by atoms with van der Waals surface area (Å²) < 4.78 is 2.39. The zero-order chi connectivity index (χ0) is 29.8. The molecule has 0 radical (unpaired) electrons. The second-order valence-electron chi connectivity index (χ2n) is 13.2. The number of hydrogen-bond acceptors (Lipinski definition) is 5. The normalized spacial score (nSPS) is 19.4. The molecule has 0 saturated carbocycles. The molecule has 2 aliphatic heterocycles. The van der Waals surface area contributed by atoms with Crippen LogP contribution < -0.4 is 0 Å². The molecule has 0 bridgehead atoms. The van der Waals surface area contributed by atoms with E-state index < -0.39 is 0 Å². The van der Waals surface area contributed by atoms with Crippen LogP contribution in [0.1, 0.15) is 107 Å². The van der Waals surface area contributed by atoms with E-state index >= 15 is 0 Å². The van der Waals surface area contributed by atoms with Gasteiger partial charge < -0.3 is 9.47 Å². The van der Waals surface area contributed by atoms with Gasteiger partial charge in [-0.25, -0.2) is 4.98 Å². The number of benzene rings is 1. The number of carbonyl (C=O) groups excluding carboxylic acids is 2. The molecule has 0 N–H and O–H groups in total. The first-order chi connectivity index (χ1) is 20.3. The molecule has 0 aliphatic carbocycles. The van der Waals surface area contributed by atoms with E-state index in [9.17, 15) is 9.59 Å². The van der Waals surface area contributed by atoms with E-state index in [4.69, 9.17) is 4.98 Å². The predicted molar refractivity (Wildman–Crippen MR) is 173 cm³/mol. The van der Waals surface area contributed by atoms with Gasteiger partial charge in [-0.3, -0.25) is 14.5 Å². The molecule has 7 heteroatoms. The van der Waals surface area contributed by atoms with Crippen molar-refractivity contribution in [3.63, 3.8) is 0 Å². The summed E-state index contributed by atoms with van der Waals surface area (Å²) in [5, 5.41) is 2.11. The van der Waals surface area contributed by atoms with Crippen LogP contribution in [0.15, 0.2) is 35.7 Å². The van der Waals surface area contributed by atoms with Gasteiger partial charge in [-0.15, -0.1) is 11.3 Å². The van der Waals surface area contributed by atoms with E-state index in [1.54, 1.807) is 11.3 Å². The average Bonchev–Trinajstić information content (AvgIpc) is 3.74. The van der Waals surface area contributed by atoms with E-state index in [1.165, 1.54) is 17.7 Å².